The van der Waals surface area contributed by atoms with Crippen molar-refractivity contribution >= 4 is 27.5 Å². The highest BCUT2D eigenvalue weighted by Gasteiger charge is 2.14. The molecule has 1 atom stereocenters. The van der Waals surface area contributed by atoms with Crippen molar-refractivity contribution in [3.63, 3.8) is 0 Å². The van der Waals surface area contributed by atoms with Crippen LogP contribution in [0.5, 0.6) is 0 Å². The zero-order chi connectivity index (χ0) is 12.0. The number of aliphatic hydroxyl groups is 1. The molecule has 0 aliphatic carbocycles. The fraction of sp³-hybridized carbons (Fsp3) is 0.364. The Labute approximate surface area is 108 Å². The Hall–Kier alpha value is -0.600. The lowest BCUT2D eigenvalue weighted by molar-refractivity contribution is 0.0770. The first-order valence-corrected chi connectivity index (χ1v) is 5.93. The molecule has 0 fully saturated rings. The number of hydrogen-bond acceptors (Lipinski definition) is 3. The van der Waals surface area contributed by atoms with Gasteiger partial charge in [0.15, 0.2) is 6.10 Å². The minimum atomic E-state index is -0.667. The highest BCUT2D eigenvalue weighted by Crippen LogP contribution is 2.28. The van der Waals surface area contributed by atoms with Crippen LogP contribution < -0.4 is 0 Å². The zero-order valence-electron chi connectivity index (χ0n) is 8.49. The van der Waals surface area contributed by atoms with Crippen LogP contribution in [0.25, 0.3) is 0 Å². The largest absolute Gasteiger partial charge is 0.396 e. The van der Waals surface area contributed by atoms with Crippen LogP contribution in [0.2, 0.25) is 5.02 Å². The summed E-state index contributed by atoms with van der Waals surface area (Å²) in [6, 6.07) is 7.25. The fourth-order valence-corrected chi connectivity index (χ4v) is 1.81. The lowest BCUT2D eigenvalue weighted by Gasteiger charge is -2.12. The molecule has 0 saturated carbocycles. The van der Waals surface area contributed by atoms with E-state index in [1.807, 2.05) is 0 Å². The summed E-state index contributed by atoms with van der Waals surface area (Å²) >= 11 is 9.20. The lowest BCUT2D eigenvalue weighted by Crippen LogP contribution is -2.05. The van der Waals surface area contributed by atoms with Gasteiger partial charge in [-0.15, -0.1) is 0 Å². The molecule has 0 spiro atoms. The van der Waals surface area contributed by atoms with Crippen molar-refractivity contribution < 1.29 is 9.84 Å². The second-order valence-electron chi connectivity index (χ2n) is 3.12. The van der Waals surface area contributed by atoms with Crippen molar-refractivity contribution in [2.24, 2.45) is 0 Å². The highest BCUT2D eigenvalue weighted by molar-refractivity contribution is 9.10. The average Bonchev–Trinajstić information content (AvgIpc) is 2.28. The molecule has 1 unspecified atom stereocenters. The lowest BCUT2D eigenvalue weighted by atomic mass is 10.1. The molecular weight excluding hydrogens is 293 g/mol. The van der Waals surface area contributed by atoms with Gasteiger partial charge in [0.05, 0.1) is 12.7 Å². The standard InChI is InChI=1S/C11H11BrClNO2/c12-10-3-2-8(13)6-9(10)11(7-14)16-5-1-4-15/h2-3,6,11,15H,1,4-5H2. The number of nitriles is 1. The first-order chi connectivity index (χ1) is 7.69. The Morgan fingerprint density at radius 2 is 2.31 bits per heavy atom. The van der Waals surface area contributed by atoms with Crippen LogP contribution in [-0.2, 0) is 4.74 Å². The quantitative estimate of drug-likeness (QED) is 0.851. The molecular formula is C11H11BrClNO2. The number of hydrogen-bond donors (Lipinski definition) is 1. The van der Waals surface area contributed by atoms with Gasteiger partial charge >= 0.3 is 0 Å². The van der Waals surface area contributed by atoms with Crippen LogP contribution in [0.1, 0.15) is 18.1 Å². The van der Waals surface area contributed by atoms with Gasteiger partial charge in [-0.05, 0) is 24.6 Å². The molecule has 0 heterocycles. The summed E-state index contributed by atoms with van der Waals surface area (Å²) in [4.78, 5) is 0. The maximum absolute atomic E-state index is 8.99. The number of ether oxygens (including phenoxy) is 1. The molecule has 0 saturated heterocycles. The van der Waals surface area contributed by atoms with E-state index in [4.69, 9.17) is 26.7 Å². The van der Waals surface area contributed by atoms with Crippen molar-refractivity contribution in [1.29, 1.82) is 5.26 Å². The molecule has 0 radical (unpaired) electrons. The van der Waals surface area contributed by atoms with Crippen LogP contribution in [0, 0.1) is 11.3 Å². The third-order valence-corrected chi connectivity index (χ3v) is 2.90. The van der Waals surface area contributed by atoms with Gasteiger partial charge in [-0.3, -0.25) is 0 Å². The molecule has 1 aromatic rings. The van der Waals surface area contributed by atoms with Crippen molar-refractivity contribution in [1.82, 2.24) is 0 Å². The molecule has 0 aliphatic rings. The van der Waals surface area contributed by atoms with Gasteiger partial charge in [-0.25, -0.2) is 0 Å². The molecule has 5 heteroatoms. The molecule has 1 rings (SSSR count). The summed E-state index contributed by atoms with van der Waals surface area (Å²) in [7, 11) is 0. The van der Waals surface area contributed by atoms with E-state index in [2.05, 4.69) is 22.0 Å². The van der Waals surface area contributed by atoms with Gasteiger partial charge in [-0.1, -0.05) is 27.5 Å². The molecule has 86 valence electrons. The summed E-state index contributed by atoms with van der Waals surface area (Å²) < 4.78 is 6.13. The van der Waals surface area contributed by atoms with Crippen molar-refractivity contribution in [2.45, 2.75) is 12.5 Å². The number of halogens is 2. The minimum Gasteiger partial charge on any atom is -0.396 e. The van der Waals surface area contributed by atoms with Gasteiger partial charge in [0.25, 0.3) is 0 Å². The first kappa shape index (κ1) is 13.5. The van der Waals surface area contributed by atoms with E-state index in [1.165, 1.54) is 0 Å². The van der Waals surface area contributed by atoms with Crippen LogP contribution in [0.3, 0.4) is 0 Å². The predicted molar refractivity (Wildman–Crippen MR) is 65.2 cm³/mol. The SMILES string of the molecule is N#CC(OCCCO)c1cc(Cl)ccc1Br. The summed E-state index contributed by atoms with van der Waals surface area (Å²) in [5.74, 6) is 0. The first-order valence-electron chi connectivity index (χ1n) is 4.76. The van der Waals surface area contributed by atoms with Gasteiger partial charge < -0.3 is 9.84 Å². The van der Waals surface area contributed by atoms with E-state index >= 15 is 0 Å². The fourth-order valence-electron chi connectivity index (χ4n) is 1.18. The van der Waals surface area contributed by atoms with Crippen LogP contribution >= 0.6 is 27.5 Å². The number of benzene rings is 1. The van der Waals surface area contributed by atoms with Crippen LogP contribution in [0.15, 0.2) is 22.7 Å². The smallest absolute Gasteiger partial charge is 0.170 e. The molecule has 0 aromatic heterocycles. The summed E-state index contributed by atoms with van der Waals surface area (Å²) in [6.45, 7) is 0.391. The van der Waals surface area contributed by atoms with Crippen LogP contribution in [0.4, 0.5) is 0 Å². The predicted octanol–water partition coefficient (Wildman–Crippen LogP) is 3.07. The minimum absolute atomic E-state index is 0.0505. The Kier molecular flexibility index (Phi) is 5.78. The molecule has 3 nitrogen and oxygen atoms in total. The number of aliphatic hydroxyl groups excluding tert-OH is 1. The third-order valence-electron chi connectivity index (χ3n) is 1.94. The second-order valence-corrected chi connectivity index (χ2v) is 4.41. The number of nitrogens with zero attached hydrogens (tertiary/aromatic N) is 1. The topological polar surface area (TPSA) is 53.2 Å². The summed E-state index contributed by atoms with van der Waals surface area (Å²) in [5, 5.41) is 18.2. The second kappa shape index (κ2) is 6.87. The zero-order valence-corrected chi connectivity index (χ0v) is 10.8. The molecule has 0 amide bonds. The summed E-state index contributed by atoms with van der Waals surface area (Å²) in [6.07, 6.45) is -0.157. The van der Waals surface area contributed by atoms with E-state index in [0.717, 1.165) is 4.47 Å². The third kappa shape index (κ3) is 3.76. The Bertz CT molecular complexity index is 392. The molecule has 16 heavy (non-hydrogen) atoms. The van der Waals surface area contributed by atoms with Gasteiger partial charge in [0.1, 0.15) is 0 Å². The monoisotopic (exact) mass is 303 g/mol. The van der Waals surface area contributed by atoms with E-state index in [1.54, 1.807) is 18.2 Å². The maximum atomic E-state index is 8.99. The molecule has 1 N–H and O–H groups in total. The number of rotatable bonds is 5. The van der Waals surface area contributed by atoms with Crippen LogP contribution in [-0.4, -0.2) is 18.3 Å². The Morgan fingerprint density at radius 1 is 1.56 bits per heavy atom. The molecule has 0 bridgehead atoms. The molecule has 0 aliphatic heterocycles. The van der Waals surface area contributed by atoms with Gasteiger partial charge in [-0.2, -0.15) is 5.26 Å². The van der Waals surface area contributed by atoms with E-state index < -0.39 is 6.10 Å². The maximum Gasteiger partial charge on any atom is 0.170 e. The van der Waals surface area contributed by atoms with Crippen molar-refractivity contribution in [3.8, 4) is 6.07 Å². The van der Waals surface area contributed by atoms with Crippen molar-refractivity contribution in [3.05, 3.63) is 33.3 Å². The van der Waals surface area contributed by atoms with E-state index in [0.29, 0.717) is 23.6 Å². The van der Waals surface area contributed by atoms with Gasteiger partial charge in [0, 0.05) is 21.7 Å². The molecule has 1 aromatic carbocycles. The Morgan fingerprint density at radius 3 is 2.94 bits per heavy atom. The highest BCUT2D eigenvalue weighted by atomic mass is 79.9. The van der Waals surface area contributed by atoms with Gasteiger partial charge in [0.2, 0.25) is 0 Å². The van der Waals surface area contributed by atoms with E-state index in [9.17, 15) is 0 Å². The summed E-state index contributed by atoms with van der Waals surface area (Å²) in [5.41, 5.74) is 0.702. The average molecular weight is 305 g/mol. The normalized spacial score (nSPS) is 12.1. The van der Waals surface area contributed by atoms with Crippen molar-refractivity contribution in [2.75, 3.05) is 13.2 Å². The van der Waals surface area contributed by atoms with E-state index in [-0.39, 0.29) is 6.61 Å². The Balaban J connectivity index is 2.79.